The second-order valence-corrected chi connectivity index (χ2v) is 3.79. The lowest BCUT2D eigenvalue weighted by Gasteiger charge is -2.23. The van der Waals surface area contributed by atoms with Gasteiger partial charge in [0.25, 0.3) is 0 Å². The van der Waals surface area contributed by atoms with Gasteiger partial charge in [0.05, 0.1) is 0 Å². The quantitative estimate of drug-likeness (QED) is 0.704. The molecule has 1 N–H and O–H groups in total. The van der Waals surface area contributed by atoms with Gasteiger partial charge in [-0.3, -0.25) is 0 Å². The van der Waals surface area contributed by atoms with Crippen molar-refractivity contribution < 1.29 is 0 Å². The molecule has 0 aliphatic heterocycles. The zero-order valence-corrected chi connectivity index (χ0v) is 7.46. The summed E-state index contributed by atoms with van der Waals surface area (Å²) in [5.41, 5.74) is 2.41. The van der Waals surface area contributed by atoms with Crippen molar-refractivity contribution in [1.29, 1.82) is 0 Å². The van der Waals surface area contributed by atoms with Crippen LogP contribution >= 0.6 is 0 Å². The molecule has 0 saturated heterocycles. The van der Waals surface area contributed by atoms with Gasteiger partial charge in [-0.15, -0.1) is 0 Å². The van der Waals surface area contributed by atoms with Gasteiger partial charge in [-0.05, 0) is 37.0 Å². The summed E-state index contributed by atoms with van der Waals surface area (Å²) in [6.07, 6.45) is 5.90. The summed E-state index contributed by atoms with van der Waals surface area (Å²) in [6.45, 7) is 0. The van der Waals surface area contributed by atoms with Crippen molar-refractivity contribution in [1.82, 2.24) is 9.97 Å². The van der Waals surface area contributed by atoms with Crippen LogP contribution in [-0.2, 0) is 0 Å². The minimum atomic E-state index is 0.772. The molecule has 66 valence electrons. The summed E-state index contributed by atoms with van der Waals surface area (Å²) >= 11 is 0. The minimum absolute atomic E-state index is 0.772. The highest BCUT2D eigenvalue weighted by molar-refractivity contribution is 5.76. The highest BCUT2D eigenvalue weighted by atomic mass is 14.9. The van der Waals surface area contributed by atoms with Gasteiger partial charge < -0.3 is 4.98 Å². The number of pyridine rings is 1. The normalized spacial score (nSPS) is 17.5. The smallest absolute Gasteiger partial charge is 0.137 e. The second-order valence-electron chi connectivity index (χ2n) is 3.79. The molecule has 1 aliphatic carbocycles. The van der Waals surface area contributed by atoms with Crippen LogP contribution in [-0.4, -0.2) is 9.97 Å². The Bertz CT molecular complexity index is 393. The first kappa shape index (κ1) is 7.13. The minimum Gasteiger partial charge on any atom is -0.343 e. The first-order chi connectivity index (χ1) is 6.43. The van der Waals surface area contributed by atoms with Crippen LogP contribution in [0.15, 0.2) is 24.4 Å². The molecule has 1 saturated carbocycles. The van der Waals surface area contributed by atoms with Gasteiger partial charge in [0.1, 0.15) is 5.65 Å². The molecule has 3 rings (SSSR count). The summed E-state index contributed by atoms with van der Waals surface area (Å²) < 4.78 is 0. The van der Waals surface area contributed by atoms with E-state index in [1.807, 2.05) is 12.3 Å². The Balaban J connectivity index is 2.10. The molecule has 0 atom stereocenters. The van der Waals surface area contributed by atoms with E-state index in [-0.39, 0.29) is 0 Å². The van der Waals surface area contributed by atoms with E-state index in [9.17, 15) is 0 Å². The van der Waals surface area contributed by atoms with Crippen molar-refractivity contribution in [2.75, 3.05) is 0 Å². The van der Waals surface area contributed by atoms with Gasteiger partial charge in [-0.2, -0.15) is 0 Å². The molecule has 2 aromatic heterocycles. The monoisotopic (exact) mass is 172 g/mol. The third-order valence-electron chi connectivity index (χ3n) is 2.96. The van der Waals surface area contributed by atoms with Crippen LogP contribution < -0.4 is 0 Å². The predicted molar refractivity (Wildman–Crippen MR) is 52.7 cm³/mol. The van der Waals surface area contributed by atoms with Crippen molar-refractivity contribution in [2.24, 2.45) is 0 Å². The van der Waals surface area contributed by atoms with Crippen LogP contribution in [0.3, 0.4) is 0 Å². The fourth-order valence-corrected chi connectivity index (χ4v) is 1.92. The second kappa shape index (κ2) is 2.59. The molecule has 2 nitrogen and oxygen atoms in total. The van der Waals surface area contributed by atoms with Crippen molar-refractivity contribution in [3.63, 3.8) is 0 Å². The molecular formula is C11H12N2. The van der Waals surface area contributed by atoms with E-state index >= 15 is 0 Å². The van der Waals surface area contributed by atoms with Gasteiger partial charge in [0.2, 0.25) is 0 Å². The molecular weight excluding hydrogens is 160 g/mol. The molecule has 2 heterocycles. The Morgan fingerprint density at radius 1 is 1.38 bits per heavy atom. The summed E-state index contributed by atoms with van der Waals surface area (Å²) in [5.74, 6) is 0.772. The molecule has 0 unspecified atom stereocenters. The van der Waals surface area contributed by atoms with E-state index in [1.165, 1.54) is 30.3 Å². The number of nitrogens with one attached hydrogen (secondary N) is 1. The molecule has 0 aromatic carbocycles. The number of aromatic amines is 1. The van der Waals surface area contributed by atoms with Crippen LogP contribution in [0.2, 0.25) is 0 Å². The number of rotatable bonds is 1. The number of nitrogens with zero attached hydrogens (tertiary/aromatic N) is 1. The molecule has 13 heavy (non-hydrogen) atoms. The first-order valence-electron chi connectivity index (χ1n) is 4.87. The molecule has 1 fully saturated rings. The number of fused-ring (bicyclic) bond motifs is 1. The van der Waals surface area contributed by atoms with Crippen molar-refractivity contribution in [2.45, 2.75) is 25.2 Å². The van der Waals surface area contributed by atoms with Gasteiger partial charge in [0, 0.05) is 17.3 Å². The van der Waals surface area contributed by atoms with Crippen molar-refractivity contribution in [3.8, 4) is 0 Å². The number of hydrogen-bond donors (Lipinski definition) is 1. The molecule has 0 spiro atoms. The maximum absolute atomic E-state index is 4.29. The average molecular weight is 172 g/mol. The van der Waals surface area contributed by atoms with Gasteiger partial charge >= 0.3 is 0 Å². The van der Waals surface area contributed by atoms with Crippen LogP contribution in [0, 0.1) is 0 Å². The molecule has 0 bridgehead atoms. The van der Waals surface area contributed by atoms with E-state index in [0.29, 0.717) is 0 Å². The van der Waals surface area contributed by atoms with Gasteiger partial charge in [-0.25, -0.2) is 4.98 Å². The summed E-state index contributed by atoms with van der Waals surface area (Å²) in [7, 11) is 0. The Labute approximate surface area is 77.0 Å². The van der Waals surface area contributed by atoms with Gasteiger partial charge in [-0.1, -0.05) is 6.42 Å². The van der Waals surface area contributed by atoms with Gasteiger partial charge in [0.15, 0.2) is 0 Å². The van der Waals surface area contributed by atoms with Crippen LogP contribution in [0.25, 0.3) is 11.0 Å². The maximum Gasteiger partial charge on any atom is 0.137 e. The zero-order chi connectivity index (χ0) is 8.67. The standard InChI is InChI=1S/C11H12N2/c1-3-8(4-1)10-7-9-5-2-6-12-11(9)13-10/h2,5-8H,1,3-4H2,(H,12,13). The van der Waals surface area contributed by atoms with Crippen LogP contribution in [0.5, 0.6) is 0 Å². The Kier molecular flexibility index (Phi) is 1.42. The SMILES string of the molecule is c1cnc2[nH]c(C3CCC3)cc2c1. The van der Waals surface area contributed by atoms with E-state index in [1.54, 1.807) is 0 Å². The number of H-pyrrole nitrogens is 1. The summed E-state index contributed by atoms with van der Waals surface area (Å²) in [4.78, 5) is 7.67. The fraction of sp³-hybridized carbons (Fsp3) is 0.364. The molecule has 0 amide bonds. The Morgan fingerprint density at radius 3 is 3.00 bits per heavy atom. The lowest BCUT2D eigenvalue weighted by atomic mass is 9.83. The van der Waals surface area contributed by atoms with Crippen LogP contribution in [0.1, 0.15) is 30.9 Å². The van der Waals surface area contributed by atoms with Crippen LogP contribution in [0.4, 0.5) is 0 Å². The summed E-state index contributed by atoms with van der Waals surface area (Å²) in [5, 5.41) is 1.24. The Morgan fingerprint density at radius 2 is 2.31 bits per heavy atom. The van der Waals surface area contributed by atoms with Crippen molar-refractivity contribution in [3.05, 3.63) is 30.1 Å². The molecule has 2 aromatic rings. The third-order valence-corrected chi connectivity index (χ3v) is 2.96. The first-order valence-corrected chi connectivity index (χ1v) is 4.87. The zero-order valence-electron chi connectivity index (χ0n) is 7.46. The number of aromatic nitrogens is 2. The van der Waals surface area contributed by atoms with E-state index in [0.717, 1.165) is 11.6 Å². The average Bonchev–Trinajstić information content (AvgIpc) is 2.43. The Hall–Kier alpha value is -1.31. The molecule has 2 heteroatoms. The summed E-state index contributed by atoms with van der Waals surface area (Å²) in [6, 6.07) is 6.34. The van der Waals surface area contributed by atoms with E-state index in [2.05, 4.69) is 22.1 Å². The van der Waals surface area contributed by atoms with E-state index in [4.69, 9.17) is 0 Å². The third kappa shape index (κ3) is 1.05. The predicted octanol–water partition coefficient (Wildman–Crippen LogP) is 2.83. The highest BCUT2D eigenvalue weighted by Gasteiger charge is 2.20. The van der Waals surface area contributed by atoms with Crippen molar-refractivity contribution >= 4 is 11.0 Å². The topological polar surface area (TPSA) is 28.7 Å². The number of hydrogen-bond acceptors (Lipinski definition) is 1. The molecule has 1 aliphatic rings. The molecule has 0 radical (unpaired) electrons. The van der Waals surface area contributed by atoms with E-state index < -0.39 is 0 Å². The maximum atomic E-state index is 4.29. The fourth-order valence-electron chi connectivity index (χ4n) is 1.92. The largest absolute Gasteiger partial charge is 0.343 e. The lowest BCUT2D eigenvalue weighted by molar-refractivity contribution is 0.413. The highest BCUT2D eigenvalue weighted by Crippen LogP contribution is 2.36. The lowest BCUT2D eigenvalue weighted by Crippen LogP contribution is -2.08.